The maximum atomic E-state index is 12.0. The van der Waals surface area contributed by atoms with E-state index in [1.807, 2.05) is 25.1 Å². The van der Waals surface area contributed by atoms with Crippen molar-refractivity contribution in [2.24, 2.45) is 0 Å². The van der Waals surface area contributed by atoms with Crippen molar-refractivity contribution in [2.75, 3.05) is 19.5 Å². The van der Waals surface area contributed by atoms with Gasteiger partial charge in [-0.3, -0.25) is 9.89 Å². The minimum Gasteiger partial charge on any atom is -0.497 e. The Labute approximate surface area is 138 Å². The average molecular weight is 329 g/mol. The topological polar surface area (TPSA) is 93.5 Å². The molecule has 126 valence electrons. The van der Waals surface area contributed by atoms with E-state index < -0.39 is 0 Å². The third kappa shape index (κ3) is 3.03. The van der Waals surface area contributed by atoms with Crippen molar-refractivity contribution in [3.05, 3.63) is 45.9 Å². The van der Waals surface area contributed by atoms with E-state index in [2.05, 4.69) is 20.4 Å². The minimum atomic E-state index is -0.184. The van der Waals surface area contributed by atoms with E-state index in [1.165, 1.54) is 10.6 Å². The second-order valence-electron chi connectivity index (χ2n) is 5.18. The van der Waals surface area contributed by atoms with Crippen LogP contribution in [0.15, 0.2) is 29.1 Å². The second kappa shape index (κ2) is 6.61. The number of ether oxygens (including phenoxy) is 2. The van der Waals surface area contributed by atoms with Crippen molar-refractivity contribution in [3.63, 3.8) is 0 Å². The zero-order valence-corrected chi connectivity index (χ0v) is 13.8. The van der Waals surface area contributed by atoms with Gasteiger partial charge in [0.25, 0.3) is 11.3 Å². The predicted molar refractivity (Wildman–Crippen MR) is 89.9 cm³/mol. The summed E-state index contributed by atoms with van der Waals surface area (Å²) in [6.45, 7) is 2.40. The molecule has 2 aromatic heterocycles. The Morgan fingerprint density at radius 3 is 2.75 bits per heavy atom. The van der Waals surface area contributed by atoms with Gasteiger partial charge in [0, 0.05) is 23.9 Å². The highest BCUT2D eigenvalue weighted by molar-refractivity contribution is 5.43. The number of H-pyrrole nitrogens is 1. The molecule has 8 heteroatoms. The first-order chi connectivity index (χ1) is 11.6. The van der Waals surface area contributed by atoms with Gasteiger partial charge in [0.05, 0.1) is 14.2 Å². The predicted octanol–water partition coefficient (Wildman–Crippen LogP) is 1.61. The number of aryl methyl sites for hydroxylation is 1. The fourth-order valence-corrected chi connectivity index (χ4v) is 2.39. The first-order valence-electron chi connectivity index (χ1n) is 7.58. The number of aromatic nitrogens is 4. The third-order valence-corrected chi connectivity index (χ3v) is 3.68. The number of nitrogens with one attached hydrogen (secondary N) is 2. The summed E-state index contributed by atoms with van der Waals surface area (Å²) in [6.07, 6.45) is 0.683. The lowest BCUT2D eigenvalue weighted by molar-refractivity contribution is 0.399. The quantitative estimate of drug-likeness (QED) is 0.713. The van der Waals surface area contributed by atoms with Gasteiger partial charge in [-0.2, -0.15) is 9.50 Å². The van der Waals surface area contributed by atoms with Crippen LogP contribution in [0.4, 0.5) is 5.95 Å². The maximum absolute atomic E-state index is 12.0. The molecule has 2 N–H and O–H groups in total. The second-order valence-corrected chi connectivity index (χ2v) is 5.18. The van der Waals surface area contributed by atoms with Gasteiger partial charge in [0.15, 0.2) is 0 Å². The van der Waals surface area contributed by atoms with E-state index in [0.29, 0.717) is 30.4 Å². The first kappa shape index (κ1) is 15.9. The van der Waals surface area contributed by atoms with Gasteiger partial charge in [-0.1, -0.05) is 6.92 Å². The molecule has 1 aromatic carbocycles. The van der Waals surface area contributed by atoms with Crippen LogP contribution in [0.2, 0.25) is 0 Å². The van der Waals surface area contributed by atoms with Crippen LogP contribution in [0.25, 0.3) is 5.78 Å². The molecular formula is C16H19N5O3. The normalized spacial score (nSPS) is 10.8. The fourth-order valence-electron chi connectivity index (χ4n) is 2.39. The first-order valence-corrected chi connectivity index (χ1v) is 7.58. The van der Waals surface area contributed by atoms with Crippen LogP contribution < -0.4 is 20.3 Å². The van der Waals surface area contributed by atoms with Crippen molar-refractivity contribution in [1.82, 2.24) is 19.6 Å². The summed E-state index contributed by atoms with van der Waals surface area (Å²) in [7, 11) is 3.23. The Bertz CT molecular complexity index is 916. The fraction of sp³-hybridized carbons (Fsp3) is 0.312. The number of rotatable bonds is 6. The molecule has 2 heterocycles. The van der Waals surface area contributed by atoms with Crippen molar-refractivity contribution < 1.29 is 9.47 Å². The monoisotopic (exact) mass is 329 g/mol. The number of methoxy groups -OCH3 is 2. The average Bonchev–Trinajstić information content (AvgIpc) is 3.03. The van der Waals surface area contributed by atoms with Crippen LogP contribution in [-0.2, 0) is 13.0 Å². The zero-order valence-electron chi connectivity index (χ0n) is 13.8. The van der Waals surface area contributed by atoms with E-state index in [9.17, 15) is 4.79 Å². The number of anilines is 1. The zero-order chi connectivity index (χ0) is 17.1. The highest BCUT2D eigenvalue weighted by atomic mass is 16.5. The number of benzene rings is 1. The van der Waals surface area contributed by atoms with Gasteiger partial charge in [0.2, 0.25) is 5.95 Å². The summed E-state index contributed by atoms with van der Waals surface area (Å²) in [5, 5.41) is 6.04. The standard InChI is InChI=1S/C16H19N5O3/c1-4-11-8-14(22)21-16(18-11)19-15(20-21)17-9-10-7-12(23-2)5-6-13(10)24-3/h5-8H,4,9H2,1-3H3,(H2,17,18,19,20). The number of nitrogens with zero attached hydrogens (tertiary/aromatic N) is 3. The number of aromatic amines is 1. The van der Waals surface area contributed by atoms with E-state index >= 15 is 0 Å². The Balaban J connectivity index is 1.86. The van der Waals surface area contributed by atoms with E-state index in [4.69, 9.17) is 9.47 Å². The largest absolute Gasteiger partial charge is 0.497 e. The van der Waals surface area contributed by atoms with Crippen molar-refractivity contribution in [3.8, 4) is 11.5 Å². The summed E-state index contributed by atoms with van der Waals surface area (Å²) in [5.41, 5.74) is 1.44. The molecule has 0 atom stereocenters. The van der Waals surface area contributed by atoms with Gasteiger partial charge in [0.1, 0.15) is 11.5 Å². The third-order valence-electron chi connectivity index (χ3n) is 3.68. The number of hydrogen-bond acceptors (Lipinski definition) is 6. The Hall–Kier alpha value is -3.03. The SMILES string of the molecule is CCc1cc(=O)n2[nH]c(NCc3cc(OC)ccc3OC)nc2n1. The van der Waals surface area contributed by atoms with Crippen molar-refractivity contribution in [1.29, 1.82) is 0 Å². The van der Waals surface area contributed by atoms with E-state index in [0.717, 1.165) is 17.1 Å². The molecule has 0 aliphatic carbocycles. The molecule has 3 rings (SSSR count). The molecule has 8 nitrogen and oxygen atoms in total. The molecule has 0 fully saturated rings. The van der Waals surface area contributed by atoms with Gasteiger partial charge >= 0.3 is 0 Å². The summed E-state index contributed by atoms with van der Waals surface area (Å²) < 4.78 is 11.9. The summed E-state index contributed by atoms with van der Waals surface area (Å²) in [6, 6.07) is 7.06. The molecule has 0 spiro atoms. The lowest BCUT2D eigenvalue weighted by Crippen LogP contribution is -2.15. The summed E-state index contributed by atoms with van der Waals surface area (Å²) >= 11 is 0. The molecule has 0 radical (unpaired) electrons. The molecule has 3 aromatic rings. The Morgan fingerprint density at radius 2 is 2.04 bits per heavy atom. The van der Waals surface area contributed by atoms with Gasteiger partial charge in [-0.05, 0) is 24.6 Å². The minimum absolute atomic E-state index is 0.184. The van der Waals surface area contributed by atoms with Crippen molar-refractivity contribution in [2.45, 2.75) is 19.9 Å². The maximum Gasteiger partial charge on any atom is 0.274 e. The van der Waals surface area contributed by atoms with E-state index in [1.54, 1.807) is 14.2 Å². The molecule has 0 saturated heterocycles. The van der Waals surface area contributed by atoms with Gasteiger partial charge in [-0.15, -0.1) is 0 Å². The molecule has 0 aliphatic rings. The van der Waals surface area contributed by atoms with Crippen LogP contribution in [-0.4, -0.2) is 33.8 Å². The van der Waals surface area contributed by atoms with Crippen LogP contribution in [0, 0.1) is 0 Å². The smallest absolute Gasteiger partial charge is 0.274 e. The summed E-state index contributed by atoms with van der Waals surface area (Å²) in [4.78, 5) is 20.7. The Kier molecular flexibility index (Phi) is 4.37. The van der Waals surface area contributed by atoms with Crippen molar-refractivity contribution >= 4 is 11.7 Å². The van der Waals surface area contributed by atoms with Crippen LogP contribution >= 0.6 is 0 Å². The van der Waals surface area contributed by atoms with Gasteiger partial charge < -0.3 is 14.8 Å². The molecule has 0 amide bonds. The number of fused-ring (bicyclic) bond motifs is 1. The van der Waals surface area contributed by atoms with Crippen LogP contribution in [0.1, 0.15) is 18.2 Å². The highest BCUT2D eigenvalue weighted by Gasteiger charge is 2.09. The molecule has 0 saturated carbocycles. The Morgan fingerprint density at radius 1 is 1.21 bits per heavy atom. The summed E-state index contributed by atoms with van der Waals surface area (Å²) in [5.74, 6) is 2.28. The lowest BCUT2D eigenvalue weighted by atomic mass is 10.2. The lowest BCUT2D eigenvalue weighted by Gasteiger charge is -2.10. The molecule has 24 heavy (non-hydrogen) atoms. The van der Waals surface area contributed by atoms with E-state index in [-0.39, 0.29) is 5.56 Å². The molecular weight excluding hydrogens is 310 g/mol. The van der Waals surface area contributed by atoms with Crippen LogP contribution in [0.3, 0.4) is 0 Å². The van der Waals surface area contributed by atoms with Gasteiger partial charge in [-0.25, -0.2) is 4.98 Å². The molecule has 0 bridgehead atoms. The number of hydrogen-bond donors (Lipinski definition) is 2. The highest BCUT2D eigenvalue weighted by Crippen LogP contribution is 2.24. The van der Waals surface area contributed by atoms with Crippen LogP contribution in [0.5, 0.6) is 11.5 Å². The molecule has 0 unspecified atom stereocenters. The molecule has 0 aliphatic heterocycles.